The first kappa shape index (κ1) is 23.2. The minimum atomic E-state index is -4.13. The summed E-state index contributed by atoms with van der Waals surface area (Å²) in [7, 11) is -2.91. The van der Waals surface area contributed by atoms with Gasteiger partial charge in [0.05, 0.1) is 5.02 Å². The lowest BCUT2D eigenvalue weighted by Crippen LogP contribution is -2.61. The Morgan fingerprint density at radius 2 is 1.70 bits per heavy atom. The molecule has 13 heteroatoms. The van der Waals surface area contributed by atoms with Crippen LogP contribution in [-0.4, -0.2) is 56.9 Å². The van der Waals surface area contributed by atoms with E-state index in [9.17, 15) is 22.4 Å². The highest BCUT2D eigenvalue weighted by molar-refractivity contribution is 7.87. The smallest absolute Gasteiger partial charge is 0.280 e. The summed E-state index contributed by atoms with van der Waals surface area (Å²) in [4.78, 5) is 25.6. The van der Waals surface area contributed by atoms with Gasteiger partial charge < -0.3 is 20.1 Å². The Balaban J connectivity index is 1.49. The summed E-state index contributed by atoms with van der Waals surface area (Å²) < 4.78 is 52.5. The molecule has 2 aliphatic rings. The van der Waals surface area contributed by atoms with Crippen molar-refractivity contribution in [2.24, 2.45) is 0 Å². The van der Waals surface area contributed by atoms with Gasteiger partial charge in [-0.05, 0) is 36.8 Å². The Bertz CT molecular complexity index is 1210. The van der Waals surface area contributed by atoms with Gasteiger partial charge in [0.2, 0.25) is 11.8 Å². The number of nitrogens with zero attached hydrogens (tertiary/aromatic N) is 1. The third-order valence-corrected chi connectivity index (χ3v) is 7.07. The Morgan fingerprint density at radius 1 is 1.06 bits per heavy atom. The van der Waals surface area contributed by atoms with Crippen molar-refractivity contribution >= 4 is 45.0 Å². The number of fused-ring (bicyclic) bond motifs is 1. The van der Waals surface area contributed by atoms with Crippen molar-refractivity contribution in [3.8, 4) is 11.5 Å². The van der Waals surface area contributed by atoms with Crippen LogP contribution in [0, 0.1) is 5.82 Å². The third kappa shape index (κ3) is 5.03. The van der Waals surface area contributed by atoms with Gasteiger partial charge in [-0.3, -0.25) is 9.59 Å². The largest absolute Gasteiger partial charge is 0.486 e. The standard InChI is InChI=1S/C20H20ClFN4O6S/c1-26-16(20(28)24-11-2-4-14(22)13(21)8-11)10-15(25-33(26,29)30)19(27)23-12-3-5-17-18(9-12)32-7-6-31-17/h2-5,8-9,15-16,25H,6-7,10H2,1H3,(H,23,27)(H,24,28). The maximum absolute atomic E-state index is 13.4. The molecule has 2 atom stereocenters. The van der Waals surface area contributed by atoms with Crippen LogP contribution in [0.15, 0.2) is 36.4 Å². The molecule has 33 heavy (non-hydrogen) atoms. The summed E-state index contributed by atoms with van der Waals surface area (Å²) in [5.41, 5.74) is 0.567. The fourth-order valence-corrected chi connectivity index (χ4v) is 4.86. The third-order valence-electron chi connectivity index (χ3n) is 5.18. The zero-order valence-electron chi connectivity index (χ0n) is 17.3. The summed E-state index contributed by atoms with van der Waals surface area (Å²) in [6.07, 6.45) is -0.146. The van der Waals surface area contributed by atoms with E-state index in [0.717, 1.165) is 10.4 Å². The lowest BCUT2D eigenvalue weighted by Gasteiger charge is -2.35. The van der Waals surface area contributed by atoms with Crippen LogP contribution < -0.4 is 24.8 Å². The number of carbonyl (C=O) groups is 2. The minimum absolute atomic E-state index is 0.146. The summed E-state index contributed by atoms with van der Waals surface area (Å²) in [5.74, 6) is -1.00. The molecule has 2 aromatic rings. The highest BCUT2D eigenvalue weighted by Crippen LogP contribution is 2.33. The van der Waals surface area contributed by atoms with Crippen LogP contribution in [0.5, 0.6) is 11.5 Å². The minimum Gasteiger partial charge on any atom is -0.486 e. The molecule has 0 spiro atoms. The van der Waals surface area contributed by atoms with Crippen LogP contribution in [0.4, 0.5) is 15.8 Å². The molecule has 0 saturated carbocycles. The van der Waals surface area contributed by atoms with E-state index in [1.807, 2.05) is 0 Å². The second-order valence-electron chi connectivity index (χ2n) is 7.41. The topological polar surface area (TPSA) is 126 Å². The summed E-state index contributed by atoms with van der Waals surface area (Å²) in [5, 5.41) is 4.93. The first-order valence-electron chi connectivity index (χ1n) is 9.86. The SMILES string of the molecule is CN1C(C(=O)Nc2ccc(F)c(Cl)c2)CC(C(=O)Nc2ccc3c(c2)OCCO3)NS1(=O)=O. The van der Waals surface area contributed by atoms with Crippen molar-refractivity contribution in [1.29, 1.82) is 0 Å². The molecule has 1 saturated heterocycles. The predicted molar refractivity (Wildman–Crippen MR) is 118 cm³/mol. The molecule has 2 heterocycles. The second-order valence-corrected chi connectivity index (χ2v) is 9.58. The van der Waals surface area contributed by atoms with Crippen LogP contribution in [-0.2, 0) is 19.8 Å². The quantitative estimate of drug-likeness (QED) is 0.589. The van der Waals surface area contributed by atoms with Gasteiger partial charge in [-0.15, -0.1) is 0 Å². The maximum Gasteiger partial charge on any atom is 0.280 e. The van der Waals surface area contributed by atoms with Gasteiger partial charge in [0.15, 0.2) is 11.5 Å². The van der Waals surface area contributed by atoms with E-state index in [1.54, 1.807) is 18.2 Å². The van der Waals surface area contributed by atoms with Crippen LogP contribution in [0.3, 0.4) is 0 Å². The van der Waals surface area contributed by atoms with E-state index < -0.39 is 39.9 Å². The normalized spacial score (nSPS) is 21.8. The number of likely N-dealkylation sites (N-methyl/N-ethyl adjacent to an activating group) is 1. The average Bonchev–Trinajstić information content (AvgIpc) is 2.77. The number of hydrogen-bond acceptors (Lipinski definition) is 6. The van der Waals surface area contributed by atoms with E-state index >= 15 is 0 Å². The van der Waals surface area contributed by atoms with Crippen molar-refractivity contribution < 1.29 is 31.9 Å². The molecule has 0 bridgehead atoms. The molecular formula is C20H20ClFN4O6S. The molecule has 2 amide bonds. The Morgan fingerprint density at radius 3 is 2.42 bits per heavy atom. The lowest BCUT2D eigenvalue weighted by molar-refractivity contribution is -0.121. The molecule has 176 valence electrons. The number of nitrogens with one attached hydrogen (secondary N) is 3. The molecule has 0 aliphatic carbocycles. The van der Waals surface area contributed by atoms with E-state index in [2.05, 4.69) is 15.4 Å². The van der Waals surface area contributed by atoms with Crippen molar-refractivity contribution in [1.82, 2.24) is 9.03 Å². The molecule has 3 N–H and O–H groups in total. The second kappa shape index (κ2) is 9.14. The highest BCUT2D eigenvalue weighted by Gasteiger charge is 2.42. The first-order valence-corrected chi connectivity index (χ1v) is 11.7. The summed E-state index contributed by atoms with van der Waals surface area (Å²) in [6, 6.07) is 5.95. The zero-order valence-corrected chi connectivity index (χ0v) is 18.9. The van der Waals surface area contributed by atoms with Gasteiger partial charge in [0.1, 0.15) is 31.1 Å². The van der Waals surface area contributed by atoms with Crippen molar-refractivity contribution in [2.75, 3.05) is 30.9 Å². The molecule has 2 aromatic carbocycles. The average molecular weight is 499 g/mol. The number of rotatable bonds is 4. The van der Waals surface area contributed by atoms with E-state index in [4.69, 9.17) is 21.1 Å². The van der Waals surface area contributed by atoms with Gasteiger partial charge in [-0.2, -0.15) is 17.4 Å². The first-order chi connectivity index (χ1) is 15.6. The fraction of sp³-hybridized carbons (Fsp3) is 0.300. The number of halogens is 2. The Labute approximate surface area is 194 Å². The van der Waals surface area contributed by atoms with Gasteiger partial charge in [-0.1, -0.05) is 11.6 Å². The van der Waals surface area contributed by atoms with Crippen LogP contribution in [0.1, 0.15) is 6.42 Å². The molecule has 0 aromatic heterocycles. The number of hydrogen-bond donors (Lipinski definition) is 3. The summed E-state index contributed by atoms with van der Waals surface area (Å²) >= 11 is 5.73. The molecule has 2 aliphatic heterocycles. The monoisotopic (exact) mass is 498 g/mol. The molecule has 2 unspecified atom stereocenters. The van der Waals surface area contributed by atoms with E-state index in [-0.39, 0.29) is 17.1 Å². The molecular weight excluding hydrogens is 479 g/mol. The fourth-order valence-electron chi connectivity index (χ4n) is 3.43. The van der Waals surface area contributed by atoms with E-state index in [1.165, 1.54) is 19.2 Å². The lowest BCUT2D eigenvalue weighted by atomic mass is 10.1. The molecule has 1 fully saturated rings. The van der Waals surface area contributed by atoms with Crippen LogP contribution >= 0.6 is 11.6 Å². The van der Waals surface area contributed by atoms with Crippen molar-refractivity contribution in [2.45, 2.75) is 18.5 Å². The van der Waals surface area contributed by atoms with Gasteiger partial charge >= 0.3 is 0 Å². The van der Waals surface area contributed by atoms with Crippen molar-refractivity contribution in [3.63, 3.8) is 0 Å². The Hall–Kier alpha value is -2.93. The number of carbonyl (C=O) groups excluding carboxylic acids is 2. The molecule has 10 nitrogen and oxygen atoms in total. The predicted octanol–water partition coefficient (Wildman–Crippen LogP) is 1.73. The van der Waals surface area contributed by atoms with E-state index in [0.29, 0.717) is 30.4 Å². The highest BCUT2D eigenvalue weighted by atomic mass is 35.5. The number of amides is 2. The zero-order chi connectivity index (χ0) is 23.8. The van der Waals surface area contributed by atoms with Crippen LogP contribution in [0.2, 0.25) is 5.02 Å². The number of anilines is 2. The molecule has 4 rings (SSSR count). The number of ether oxygens (including phenoxy) is 2. The summed E-state index contributed by atoms with van der Waals surface area (Å²) in [6.45, 7) is 0.791. The maximum atomic E-state index is 13.4. The number of benzene rings is 2. The Kier molecular flexibility index (Phi) is 6.43. The van der Waals surface area contributed by atoms with Gasteiger partial charge in [0, 0.05) is 24.5 Å². The van der Waals surface area contributed by atoms with Crippen LogP contribution in [0.25, 0.3) is 0 Å². The van der Waals surface area contributed by atoms with Crippen molar-refractivity contribution in [3.05, 3.63) is 47.2 Å². The van der Waals surface area contributed by atoms with Gasteiger partial charge in [-0.25, -0.2) is 4.39 Å². The molecule has 0 radical (unpaired) electrons. The van der Waals surface area contributed by atoms with Gasteiger partial charge in [0.25, 0.3) is 10.2 Å².